The molecule has 0 bridgehead atoms. The van der Waals surface area contributed by atoms with E-state index in [-0.39, 0.29) is 31.6 Å². The zero-order valence-electron chi connectivity index (χ0n) is 23.8. The Balaban J connectivity index is 0.000000347. The van der Waals surface area contributed by atoms with Crippen molar-refractivity contribution in [3.8, 4) is 11.3 Å². The molecule has 6 nitrogen and oxygen atoms in total. The van der Waals surface area contributed by atoms with Crippen LogP contribution in [-0.2, 0) is 25.5 Å². The quantitative estimate of drug-likeness (QED) is 0.190. The molecule has 0 spiro atoms. The van der Waals surface area contributed by atoms with E-state index in [9.17, 15) is 13.6 Å². The van der Waals surface area contributed by atoms with Gasteiger partial charge in [-0.05, 0) is 60.8 Å². The van der Waals surface area contributed by atoms with E-state index in [0.717, 1.165) is 16.8 Å². The first-order chi connectivity index (χ1) is 21.4. The number of hydrogen-bond donors (Lipinski definition) is 1. The Bertz CT molecular complexity index is 1890. The van der Waals surface area contributed by atoms with E-state index in [2.05, 4.69) is 17.1 Å². The minimum atomic E-state index is -1.05. The summed E-state index contributed by atoms with van der Waals surface area (Å²) in [5, 5.41) is 8.32. The molecule has 45 heavy (non-hydrogen) atoms. The minimum Gasteiger partial charge on any atom is -0.477 e. The van der Waals surface area contributed by atoms with Gasteiger partial charge in [-0.1, -0.05) is 36.0 Å². The van der Waals surface area contributed by atoms with Crippen molar-refractivity contribution in [2.24, 2.45) is 0 Å². The Morgan fingerprint density at radius 2 is 1.53 bits per heavy atom. The summed E-state index contributed by atoms with van der Waals surface area (Å²) in [4.78, 5) is 25.3. The largest absolute Gasteiger partial charge is 0.477 e. The zero-order chi connectivity index (χ0) is 30.7. The molecule has 3 aromatic carbocycles. The third kappa shape index (κ3) is 5.88. The molecule has 1 aliphatic rings. The van der Waals surface area contributed by atoms with Crippen LogP contribution in [0.4, 0.5) is 20.2 Å². The van der Waals surface area contributed by atoms with Crippen LogP contribution in [0.2, 0.25) is 0 Å². The van der Waals surface area contributed by atoms with Crippen molar-refractivity contribution in [3.63, 3.8) is 0 Å². The van der Waals surface area contributed by atoms with Gasteiger partial charge in [-0.3, -0.25) is 14.4 Å². The molecule has 6 aromatic rings. The Hall–Kier alpha value is -5.11. The number of benzene rings is 3. The fourth-order valence-corrected chi connectivity index (χ4v) is 5.47. The number of rotatable bonds is 4. The summed E-state index contributed by atoms with van der Waals surface area (Å²) in [5.74, 6) is -1.79. The van der Waals surface area contributed by atoms with Crippen LogP contribution >= 0.6 is 0 Å². The average molecular weight is 775 g/mol. The fourth-order valence-electron chi connectivity index (χ4n) is 5.47. The predicted octanol–water partition coefficient (Wildman–Crippen LogP) is 7.26. The summed E-state index contributed by atoms with van der Waals surface area (Å²) in [6.07, 6.45) is 3.17. The summed E-state index contributed by atoms with van der Waals surface area (Å²) >= 11 is 0. The van der Waals surface area contributed by atoms with Crippen molar-refractivity contribution in [3.05, 3.63) is 174 Å². The van der Waals surface area contributed by atoms with Crippen LogP contribution in [0, 0.1) is 23.8 Å². The number of halogens is 2. The maximum absolute atomic E-state index is 14.5. The first-order valence-corrected chi connectivity index (χ1v) is 13.7. The molecule has 0 fully saturated rings. The van der Waals surface area contributed by atoms with Gasteiger partial charge >= 0.3 is 5.97 Å². The second-order valence-corrected chi connectivity index (χ2v) is 9.97. The zero-order valence-corrected chi connectivity index (χ0v) is 26.2. The molecule has 0 amide bonds. The summed E-state index contributed by atoms with van der Waals surface area (Å²) in [6.45, 7) is 0. The van der Waals surface area contributed by atoms with E-state index in [4.69, 9.17) is 15.1 Å². The molecule has 1 N–H and O–H groups in total. The van der Waals surface area contributed by atoms with Gasteiger partial charge in [-0.25, -0.2) is 14.2 Å². The third-order valence-electron chi connectivity index (χ3n) is 7.40. The molecule has 1 radical (unpaired) electrons. The van der Waals surface area contributed by atoms with Gasteiger partial charge in [-0.15, -0.1) is 53.6 Å². The summed E-state index contributed by atoms with van der Waals surface area (Å²) < 4.78 is 29.0. The molecule has 3 aromatic heterocycles. The van der Waals surface area contributed by atoms with Crippen LogP contribution < -0.4 is 4.90 Å². The SMILES string of the molecule is CN1c2cc(F)c[c-]c2[C@@](c2ccccn2)(c2cccc(-c3[c-]cccc3)n2)c2ccc(F)cc21.O=C(O)c1ccccn1.[Ir]. The average Bonchev–Trinajstić information content (AvgIpc) is 3.07. The Labute approximate surface area is 272 Å². The molecule has 1 aliphatic heterocycles. The number of carboxylic acid groups (broad SMARTS) is 1. The molecule has 9 heteroatoms. The van der Waals surface area contributed by atoms with E-state index in [0.29, 0.717) is 28.3 Å². The van der Waals surface area contributed by atoms with Crippen LogP contribution in [0.5, 0.6) is 0 Å². The predicted molar refractivity (Wildman–Crippen MR) is 163 cm³/mol. The number of nitrogens with zero attached hydrogens (tertiary/aromatic N) is 4. The number of anilines is 2. The molecule has 225 valence electrons. The smallest absolute Gasteiger partial charge is 0.354 e. The number of carboxylic acids is 1. The minimum absolute atomic E-state index is 0. The Morgan fingerprint density at radius 3 is 2.20 bits per heavy atom. The first-order valence-electron chi connectivity index (χ1n) is 13.7. The van der Waals surface area contributed by atoms with Gasteiger partial charge in [0.15, 0.2) is 0 Å². The molecule has 4 heterocycles. The normalized spacial score (nSPS) is 14.6. The van der Waals surface area contributed by atoms with Crippen LogP contribution in [0.1, 0.15) is 33.0 Å². The number of fused-ring (bicyclic) bond motifs is 2. The fraction of sp³-hybridized carbons (Fsp3) is 0.0556. The Kier molecular flexibility index (Phi) is 9.23. The number of aromatic nitrogens is 3. The van der Waals surface area contributed by atoms with Crippen molar-refractivity contribution in [1.29, 1.82) is 0 Å². The van der Waals surface area contributed by atoms with Crippen molar-refractivity contribution in [2.75, 3.05) is 11.9 Å². The summed E-state index contributed by atoms with van der Waals surface area (Å²) in [7, 11) is 1.80. The number of hydrogen-bond acceptors (Lipinski definition) is 5. The van der Waals surface area contributed by atoms with Crippen molar-refractivity contribution in [1.82, 2.24) is 15.0 Å². The molecule has 0 unspecified atom stereocenters. The molecule has 0 saturated heterocycles. The second-order valence-electron chi connectivity index (χ2n) is 9.97. The number of carbonyl (C=O) groups is 1. The van der Waals surface area contributed by atoms with E-state index in [1.807, 2.05) is 60.7 Å². The second kappa shape index (κ2) is 13.3. The first kappa shape index (κ1) is 31.3. The van der Waals surface area contributed by atoms with Gasteiger partial charge in [0, 0.05) is 49.7 Å². The van der Waals surface area contributed by atoms with E-state index >= 15 is 0 Å². The van der Waals surface area contributed by atoms with Crippen molar-refractivity contribution < 1.29 is 38.8 Å². The van der Waals surface area contributed by atoms with Gasteiger partial charge in [0.25, 0.3) is 0 Å². The van der Waals surface area contributed by atoms with Gasteiger partial charge in [0.1, 0.15) is 11.5 Å². The van der Waals surface area contributed by atoms with Gasteiger partial charge < -0.3 is 10.0 Å². The van der Waals surface area contributed by atoms with Gasteiger partial charge in [-0.2, -0.15) is 6.07 Å². The summed E-state index contributed by atoms with van der Waals surface area (Å²) in [5.41, 5.74) is 4.65. The molecule has 1 atom stereocenters. The molecular weight excluding hydrogens is 751 g/mol. The number of aromatic carboxylic acids is 1. The van der Waals surface area contributed by atoms with E-state index in [1.165, 1.54) is 36.5 Å². The monoisotopic (exact) mass is 775 g/mol. The maximum Gasteiger partial charge on any atom is 0.354 e. The maximum atomic E-state index is 14.5. The number of pyridine rings is 3. The molecule has 0 aliphatic carbocycles. The van der Waals surface area contributed by atoms with Crippen molar-refractivity contribution in [2.45, 2.75) is 5.41 Å². The Morgan fingerprint density at radius 1 is 0.800 bits per heavy atom. The molecular formula is C36H24F2IrN4O2-2. The van der Waals surface area contributed by atoms with Crippen LogP contribution in [0.25, 0.3) is 11.3 Å². The standard InChI is InChI=1S/C30H19F2N3.C6H5NO2.Ir/c1-35-26-18-21(31)13-15-23(26)30(28-11-5-6-17-33-28,24-16-14-22(32)19-27(24)35)29-12-7-10-25(34-29)20-8-3-2-4-9-20;8-6(9)5-3-1-2-4-7-5;/h2-8,10-15,17-19H,1H3;1-4H,(H,8,9);/q-2;;/t30-;;/m0../s1. The van der Waals surface area contributed by atoms with Crippen LogP contribution in [-0.4, -0.2) is 33.1 Å². The van der Waals surface area contributed by atoms with E-state index in [1.54, 1.807) is 36.3 Å². The summed E-state index contributed by atoms with van der Waals surface area (Å²) in [6, 6.07) is 37.7. The van der Waals surface area contributed by atoms with E-state index < -0.39 is 17.2 Å². The van der Waals surface area contributed by atoms with Crippen LogP contribution in [0.3, 0.4) is 0 Å². The van der Waals surface area contributed by atoms with Crippen LogP contribution in [0.15, 0.2) is 122 Å². The molecule has 0 saturated carbocycles. The van der Waals surface area contributed by atoms with Gasteiger partial charge in [0.2, 0.25) is 0 Å². The third-order valence-corrected chi connectivity index (χ3v) is 7.40. The topological polar surface area (TPSA) is 79.2 Å². The molecule has 7 rings (SSSR count). The van der Waals surface area contributed by atoms with Crippen molar-refractivity contribution >= 4 is 17.3 Å². The van der Waals surface area contributed by atoms with Gasteiger partial charge in [0.05, 0.1) is 11.1 Å².